The number of hydrogen-bond acceptors (Lipinski definition) is 3. The fraction of sp³-hybridized carbons (Fsp3) is 0.421. The van der Waals surface area contributed by atoms with Crippen LogP contribution in [0.4, 0.5) is 0 Å². The molecule has 134 valence electrons. The molecule has 0 amide bonds. The van der Waals surface area contributed by atoms with E-state index in [2.05, 4.69) is 9.97 Å². The molecule has 0 aliphatic heterocycles. The van der Waals surface area contributed by atoms with Crippen LogP contribution in [0.15, 0.2) is 24.5 Å². The number of nitrogens with zero attached hydrogens (tertiary/aromatic N) is 1. The highest BCUT2D eigenvalue weighted by Gasteiger charge is 2.28. The van der Waals surface area contributed by atoms with E-state index in [4.69, 9.17) is 23.2 Å². The molecule has 2 atom stereocenters. The Morgan fingerprint density at radius 3 is 2.48 bits per heavy atom. The Bertz CT molecular complexity index is 771. The number of carbonyl (C=O) groups excluding carboxylic acids is 2. The minimum Gasteiger partial charge on any atom is -0.342 e. The molecule has 0 bridgehead atoms. The lowest BCUT2D eigenvalue weighted by atomic mass is 9.80. The SMILES string of the molecule is CCC(CC(=O)c1ccc(Cl)cc1Cl)C(CC)c1nc[nH]c1C(C)=O. The lowest BCUT2D eigenvalue weighted by Gasteiger charge is -2.24. The van der Waals surface area contributed by atoms with Crippen molar-refractivity contribution in [2.45, 2.75) is 46.0 Å². The maximum Gasteiger partial charge on any atom is 0.177 e. The van der Waals surface area contributed by atoms with Crippen LogP contribution >= 0.6 is 23.2 Å². The van der Waals surface area contributed by atoms with Crippen LogP contribution in [-0.2, 0) is 0 Å². The number of aromatic amines is 1. The number of imidazole rings is 1. The number of aromatic nitrogens is 2. The van der Waals surface area contributed by atoms with E-state index in [1.54, 1.807) is 24.5 Å². The topological polar surface area (TPSA) is 62.8 Å². The smallest absolute Gasteiger partial charge is 0.177 e. The number of Topliss-reactive ketones (excluding diaryl/α,β-unsaturated/α-hetero) is 2. The average Bonchev–Trinajstić information content (AvgIpc) is 3.04. The van der Waals surface area contributed by atoms with Crippen molar-refractivity contribution in [3.8, 4) is 0 Å². The summed E-state index contributed by atoms with van der Waals surface area (Å²) in [6, 6.07) is 4.91. The second-order valence-corrected chi connectivity index (χ2v) is 7.00. The monoisotopic (exact) mass is 380 g/mol. The molecule has 0 saturated carbocycles. The summed E-state index contributed by atoms with van der Waals surface area (Å²) in [5, 5.41) is 0.868. The number of H-pyrrole nitrogens is 1. The van der Waals surface area contributed by atoms with Gasteiger partial charge in [0.2, 0.25) is 0 Å². The molecule has 0 saturated heterocycles. The number of carbonyl (C=O) groups is 2. The van der Waals surface area contributed by atoms with Crippen LogP contribution in [-0.4, -0.2) is 21.5 Å². The van der Waals surface area contributed by atoms with Gasteiger partial charge in [-0.25, -0.2) is 4.98 Å². The summed E-state index contributed by atoms with van der Waals surface area (Å²) in [5.41, 5.74) is 1.76. The van der Waals surface area contributed by atoms with Crippen LogP contribution in [0.1, 0.15) is 72.5 Å². The van der Waals surface area contributed by atoms with E-state index in [1.807, 2.05) is 13.8 Å². The molecule has 0 aliphatic rings. The summed E-state index contributed by atoms with van der Waals surface area (Å²) in [4.78, 5) is 31.8. The zero-order chi connectivity index (χ0) is 18.6. The first-order chi connectivity index (χ1) is 11.9. The molecule has 1 aromatic heterocycles. The quantitative estimate of drug-likeness (QED) is 0.596. The Labute approximate surface area is 157 Å². The van der Waals surface area contributed by atoms with Crippen molar-refractivity contribution in [3.05, 3.63) is 51.5 Å². The fourth-order valence-electron chi connectivity index (χ4n) is 3.25. The third kappa shape index (κ3) is 4.50. The van der Waals surface area contributed by atoms with Crippen molar-refractivity contribution in [2.75, 3.05) is 0 Å². The molecule has 1 heterocycles. The molecule has 1 N–H and O–H groups in total. The minimum absolute atomic E-state index is 0.0214. The molecule has 6 heteroatoms. The number of rotatable bonds is 8. The lowest BCUT2D eigenvalue weighted by Crippen LogP contribution is -2.19. The molecule has 4 nitrogen and oxygen atoms in total. The Morgan fingerprint density at radius 2 is 1.92 bits per heavy atom. The summed E-state index contributed by atoms with van der Waals surface area (Å²) >= 11 is 12.1. The first-order valence-corrected chi connectivity index (χ1v) is 9.17. The van der Waals surface area contributed by atoms with E-state index >= 15 is 0 Å². The van der Waals surface area contributed by atoms with Gasteiger partial charge in [0.15, 0.2) is 11.6 Å². The maximum absolute atomic E-state index is 12.7. The molecular formula is C19H22Cl2N2O2. The van der Waals surface area contributed by atoms with Crippen LogP contribution < -0.4 is 0 Å². The summed E-state index contributed by atoms with van der Waals surface area (Å²) in [6.45, 7) is 5.61. The molecule has 0 spiro atoms. The van der Waals surface area contributed by atoms with E-state index < -0.39 is 0 Å². The molecule has 0 fully saturated rings. The van der Waals surface area contributed by atoms with E-state index in [0.717, 1.165) is 18.5 Å². The fourth-order valence-corrected chi connectivity index (χ4v) is 3.77. The number of ketones is 2. The van der Waals surface area contributed by atoms with E-state index in [1.165, 1.54) is 6.92 Å². The van der Waals surface area contributed by atoms with Crippen molar-refractivity contribution in [3.63, 3.8) is 0 Å². The summed E-state index contributed by atoms with van der Waals surface area (Å²) in [7, 11) is 0. The first-order valence-electron chi connectivity index (χ1n) is 8.41. The Hall–Kier alpha value is -1.65. The van der Waals surface area contributed by atoms with Gasteiger partial charge in [0.1, 0.15) is 5.69 Å². The van der Waals surface area contributed by atoms with Crippen molar-refractivity contribution >= 4 is 34.8 Å². The zero-order valence-corrected chi connectivity index (χ0v) is 16.1. The Morgan fingerprint density at radius 1 is 1.20 bits per heavy atom. The second-order valence-electron chi connectivity index (χ2n) is 6.15. The number of nitrogens with one attached hydrogen (secondary N) is 1. The van der Waals surface area contributed by atoms with Crippen LogP contribution in [0.3, 0.4) is 0 Å². The van der Waals surface area contributed by atoms with Crippen LogP contribution in [0.2, 0.25) is 10.0 Å². The standard InChI is InChI=1S/C19H22Cl2N2O2/c1-4-12(8-17(25)15-7-6-13(20)9-16(15)21)14(5-2)19-18(11(3)24)22-10-23-19/h6-7,9-10,12,14H,4-5,8H2,1-3H3,(H,22,23). The average molecular weight is 381 g/mol. The van der Waals surface area contributed by atoms with E-state index in [9.17, 15) is 9.59 Å². The summed E-state index contributed by atoms with van der Waals surface area (Å²) < 4.78 is 0. The maximum atomic E-state index is 12.7. The van der Waals surface area contributed by atoms with Gasteiger partial charge in [-0.2, -0.15) is 0 Å². The minimum atomic E-state index is -0.0483. The molecule has 0 aliphatic carbocycles. The molecule has 2 unspecified atom stereocenters. The van der Waals surface area contributed by atoms with E-state index in [-0.39, 0.29) is 23.4 Å². The van der Waals surface area contributed by atoms with Crippen molar-refractivity contribution in [2.24, 2.45) is 5.92 Å². The summed E-state index contributed by atoms with van der Waals surface area (Å²) in [5.74, 6) is 0.0376. The Balaban J connectivity index is 2.26. The second kappa shape index (κ2) is 8.63. The van der Waals surface area contributed by atoms with Gasteiger partial charge in [0, 0.05) is 29.8 Å². The number of halogens is 2. The molecule has 2 aromatic rings. The van der Waals surface area contributed by atoms with Gasteiger partial charge in [-0.1, -0.05) is 43.5 Å². The summed E-state index contributed by atoms with van der Waals surface area (Å²) in [6.07, 6.45) is 3.49. The highest BCUT2D eigenvalue weighted by atomic mass is 35.5. The first kappa shape index (κ1) is 19.7. The highest BCUT2D eigenvalue weighted by molar-refractivity contribution is 6.36. The molecular weight excluding hydrogens is 359 g/mol. The van der Waals surface area contributed by atoms with Gasteiger partial charge in [-0.15, -0.1) is 0 Å². The van der Waals surface area contributed by atoms with Gasteiger partial charge >= 0.3 is 0 Å². The lowest BCUT2D eigenvalue weighted by molar-refractivity contribution is 0.0951. The predicted molar refractivity (Wildman–Crippen MR) is 101 cm³/mol. The zero-order valence-electron chi connectivity index (χ0n) is 14.6. The van der Waals surface area contributed by atoms with Gasteiger partial charge in [-0.05, 0) is 30.5 Å². The van der Waals surface area contributed by atoms with E-state index in [0.29, 0.717) is 27.7 Å². The molecule has 0 radical (unpaired) electrons. The van der Waals surface area contributed by atoms with Crippen LogP contribution in [0.25, 0.3) is 0 Å². The number of benzene rings is 1. The third-order valence-electron chi connectivity index (χ3n) is 4.58. The number of hydrogen-bond donors (Lipinski definition) is 1. The van der Waals surface area contributed by atoms with Crippen molar-refractivity contribution in [1.82, 2.24) is 9.97 Å². The van der Waals surface area contributed by atoms with Gasteiger partial charge < -0.3 is 4.98 Å². The van der Waals surface area contributed by atoms with Gasteiger partial charge in [0.25, 0.3) is 0 Å². The normalized spacial score (nSPS) is 13.5. The van der Waals surface area contributed by atoms with Crippen LogP contribution in [0.5, 0.6) is 0 Å². The molecule has 1 aromatic carbocycles. The van der Waals surface area contributed by atoms with Crippen molar-refractivity contribution in [1.29, 1.82) is 0 Å². The van der Waals surface area contributed by atoms with Crippen molar-refractivity contribution < 1.29 is 9.59 Å². The largest absolute Gasteiger partial charge is 0.342 e. The van der Waals surface area contributed by atoms with Crippen LogP contribution in [0, 0.1) is 5.92 Å². The Kier molecular flexibility index (Phi) is 6.79. The highest BCUT2D eigenvalue weighted by Crippen LogP contribution is 2.35. The van der Waals surface area contributed by atoms with Gasteiger partial charge in [0.05, 0.1) is 17.0 Å². The predicted octanol–water partition coefficient (Wildman–Crippen LogP) is 5.71. The molecule has 25 heavy (non-hydrogen) atoms. The third-order valence-corrected chi connectivity index (χ3v) is 5.13. The molecule has 2 rings (SSSR count). The van der Waals surface area contributed by atoms with Gasteiger partial charge in [-0.3, -0.25) is 9.59 Å².